The molecule has 6 heteroatoms. The Morgan fingerprint density at radius 1 is 1.33 bits per heavy atom. The first-order valence-corrected chi connectivity index (χ1v) is 7.32. The predicted molar refractivity (Wildman–Crippen MR) is 78.8 cm³/mol. The molecule has 0 fully saturated rings. The number of carbonyl (C=O) groups is 1. The molecule has 18 heavy (non-hydrogen) atoms. The van der Waals surface area contributed by atoms with Gasteiger partial charge in [-0.2, -0.15) is 5.26 Å². The minimum absolute atomic E-state index is 0.230. The molecule has 1 aromatic carbocycles. The van der Waals surface area contributed by atoms with Gasteiger partial charge in [0.1, 0.15) is 6.07 Å². The normalized spacial score (nSPS) is 9.83. The molecule has 3 nitrogen and oxygen atoms in total. The summed E-state index contributed by atoms with van der Waals surface area (Å²) < 4.78 is 1.70. The van der Waals surface area contributed by atoms with Crippen molar-refractivity contribution in [1.29, 1.82) is 5.26 Å². The molecule has 0 spiro atoms. The van der Waals surface area contributed by atoms with Crippen molar-refractivity contribution >= 4 is 54.8 Å². The first-order chi connectivity index (χ1) is 8.60. The molecule has 1 N–H and O–H groups in total. The van der Waals surface area contributed by atoms with Gasteiger partial charge in [0.25, 0.3) is 5.91 Å². The van der Waals surface area contributed by atoms with Gasteiger partial charge in [-0.15, -0.1) is 11.3 Å². The van der Waals surface area contributed by atoms with Crippen LogP contribution in [0.5, 0.6) is 0 Å². The summed E-state index contributed by atoms with van der Waals surface area (Å²) in [5.74, 6) is -0.230. The Hall–Kier alpha value is -1.16. The number of carbonyl (C=O) groups excluding carboxylic acids is 1. The zero-order chi connectivity index (χ0) is 13.1. The third-order valence-corrected chi connectivity index (χ3v) is 4.18. The molecular formula is C12H6Br2N2OS. The van der Waals surface area contributed by atoms with Crippen molar-refractivity contribution in [2.24, 2.45) is 0 Å². The van der Waals surface area contributed by atoms with Crippen molar-refractivity contribution in [1.82, 2.24) is 0 Å². The zero-order valence-electron chi connectivity index (χ0n) is 8.91. The van der Waals surface area contributed by atoms with Gasteiger partial charge in [0.05, 0.1) is 20.6 Å². The number of hydrogen-bond acceptors (Lipinski definition) is 3. The van der Waals surface area contributed by atoms with Crippen LogP contribution in [0.3, 0.4) is 0 Å². The van der Waals surface area contributed by atoms with Crippen LogP contribution in [0, 0.1) is 11.3 Å². The summed E-state index contributed by atoms with van der Waals surface area (Å²) in [6.45, 7) is 0. The van der Waals surface area contributed by atoms with E-state index in [0.29, 0.717) is 16.8 Å². The van der Waals surface area contributed by atoms with Crippen molar-refractivity contribution in [3.8, 4) is 6.07 Å². The second-order valence-electron chi connectivity index (χ2n) is 3.40. The van der Waals surface area contributed by atoms with Crippen molar-refractivity contribution in [2.45, 2.75) is 0 Å². The Kier molecular flexibility index (Phi) is 4.17. The molecule has 1 aromatic heterocycles. The van der Waals surface area contributed by atoms with E-state index in [-0.39, 0.29) is 5.91 Å². The number of amides is 1. The molecule has 0 radical (unpaired) electrons. The summed E-state index contributed by atoms with van der Waals surface area (Å²) in [5.41, 5.74) is 1.50. The van der Waals surface area contributed by atoms with Crippen LogP contribution in [0.25, 0.3) is 0 Å². The second-order valence-corrected chi connectivity index (χ2v) is 6.60. The lowest BCUT2D eigenvalue weighted by Crippen LogP contribution is -2.11. The average Bonchev–Trinajstić information content (AvgIpc) is 2.76. The number of nitrogens with one attached hydrogen (secondary N) is 1. The molecule has 0 aliphatic rings. The Labute approximate surface area is 125 Å². The van der Waals surface area contributed by atoms with Crippen LogP contribution < -0.4 is 5.32 Å². The van der Waals surface area contributed by atoms with Crippen LogP contribution in [0.4, 0.5) is 5.69 Å². The topological polar surface area (TPSA) is 52.9 Å². The fourth-order valence-electron chi connectivity index (χ4n) is 1.34. The first kappa shape index (κ1) is 13.3. The number of halogens is 2. The van der Waals surface area contributed by atoms with Crippen LogP contribution in [0.2, 0.25) is 0 Å². The largest absolute Gasteiger partial charge is 0.321 e. The Morgan fingerprint density at radius 2 is 2.11 bits per heavy atom. The Morgan fingerprint density at radius 3 is 2.72 bits per heavy atom. The maximum atomic E-state index is 12.0. The molecule has 1 amide bonds. The quantitative estimate of drug-likeness (QED) is 0.832. The molecule has 1 heterocycles. The van der Waals surface area contributed by atoms with E-state index < -0.39 is 0 Å². The van der Waals surface area contributed by atoms with Crippen LogP contribution >= 0.6 is 43.2 Å². The third kappa shape index (κ3) is 2.99. The highest BCUT2D eigenvalue weighted by molar-refractivity contribution is 9.11. The Bertz CT molecular complexity index is 646. The summed E-state index contributed by atoms with van der Waals surface area (Å²) in [5, 5.41) is 13.5. The number of benzene rings is 1. The molecule has 0 atom stereocenters. The maximum absolute atomic E-state index is 12.0. The van der Waals surface area contributed by atoms with Gasteiger partial charge in [0, 0.05) is 9.85 Å². The summed E-state index contributed by atoms with van der Waals surface area (Å²) in [6.07, 6.45) is 0. The monoisotopic (exact) mass is 384 g/mol. The highest BCUT2D eigenvalue weighted by atomic mass is 79.9. The third-order valence-electron chi connectivity index (χ3n) is 2.18. The van der Waals surface area contributed by atoms with Gasteiger partial charge in [-0.05, 0) is 40.2 Å². The van der Waals surface area contributed by atoms with E-state index in [0.717, 1.165) is 8.26 Å². The van der Waals surface area contributed by atoms with Crippen molar-refractivity contribution in [2.75, 3.05) is 5.32 Å². The molecule has 90 valence electrons. The van der Waals surface area contributed by atoms with E-state index in [9.17, 15) is 4.79 Å². The minimum atomic E-state index is -0.230. The van der Waals surface area contributed by atoms with Crippen LogP contribution in [-0.2, 0) is 0 Å². The van der Waals surface area contributed by atoms with Crippen molar-refractivity contribution in [3.05, 3.63) is 49.0 Å². The molecule has 0 unspecified atom stereocenters. The lowest BCUT2D eigenvalue weighted by molar-refractivity contribution is 0.102. The van der Waals surface area contributed by atoms with Gasteiger partial charge in [-0.1, -0.05) is 15.9 Å². The SMILES string of the molecule is N#Cc1ccc(Br)cc1NC(=O)c1csc(Br)c1. The molecule has 0 aliphatic heterocycles. The maximum Gasteiger partial charge on any atom is 0.256 e. The van der Waals surface area contributed by atoms with E-state index in [2.05, 4.69) is 37.2 Å². The number of anilines is 1. The van der Waals surface area contributed by atoms with E-state index in [1.807, 2.05) is 6.07 Å². The molecule has 0 bridgehead atoms. The summed E-state index contributed by atoms with van der Waals surface area (Å²) >= 11 is 8.05. The standard InChI is InChI=1S/C12H6Br2N2OS/c13-9-2-1-7(5-15)10(4-9)16-12(17)8-3-11(14)18-6-8/h1-4,6H,(H,16,17). The second kappa shape index (κ2) is 5.65. The van der Waals surface area contributed by atoms with E-state index in [1.165, 1.54) is 11.3 Å². The fourth-order valence-corrected chi connectivity index (χ4v) is 2.84. The molecule has 0 saturated carbocycles. The lowest BCUT2D eigenvalue weighted by Gasteiger charge is -2.06. The predicted octanol–water partition coefficient (Wildman–Crippen LogP) is 4.40. The van der Waals surface area contributed by atoms with Gasteiger partial charge >= 0.3 is 0 Å². The van der Waals surface area contributed by atoms with E-state index in [1.54, 1.807) is 29.6 Å². The summed E-state index contributed by atoms with van der Waals surface area (Å²) in [6, 6.07) is 8.90. The van der Waals surface area contributed by atoms with Crippen LogP contribution in [-0.4, -0.2) is 5.91 Å². The van der Waals surface area contributed by atoms with E-state index >= 15 is 0 Å². The average molecular weight is 386 g/mol. The highest BCUT2D eigenvalue weighted by Crippen LogP contribution is 2.24. The number of rotatable bonds is 2. The number of nitriles is 1. The summed E-state index contributed by atoms with van der Waals surface area (Å²) in [7, 11) is 0. The zero-order valence-corrected chi connectivity index (χ0v) is 12.9. The van der Waals surface area contributed by atoms with E-state index in [4.69, 9.17) is 5.26 Å². The van der Waals surface area contributed by atoms with Gasteiger partial charge < -0.3 is 5.32 Å². The molecule has 0 aliphatic carbocycles. The van der Waals surface area contributed by atoms with Crippen LogP contribution in [0.15, 0.2) is 37.9 Å². The van der Waals surface area contributed by atoms with Gasteiger partial charge in [0.15, 0.2) is 0 Å². The smallest absolute Gasteiger partial charge is 0.256 e. The number of hydrogen-bond donors (Lipinski definition) is 1. The minimum Gasteiger partial charge on any atom is -0.321 e. The number of thiophene rings is 1. The first-order valence-electron chi connectivity index (χ1n) is 4.85. The Balaban J connectivity index is 2.27. The highest BCUT2D eigenvalue weighted by Gasteiger charge is 2.11. The number of nitrogens with zero attached hydrogens (tertiary/aromatic N) is 1. The molecule has 2 rings (SSSR count). The van der Waals surface area contributed by atoms with Gasteiger partial charge in [-0.25, -0.2) is 0 Å². The van der Waals surface area contributed by atoms with Crippen molar-refractivity contribution in [3.63, 3.8) is 0 Å². The fraction of sp³-hybridized carbons (Fsp3) is 0. The lowest BCUT2D eigenvalue weighted by atomic mass is 10.2. The van der Waals surface area contributed by atoms with Crippen molar-refractivity contribution < 1.29 is 4.79 Å². The van der Waals surface area contributed by atoms with Gasteiger partial charge in [-0.3, -0.25) is 4.79 Å². The molecular weight excluding hydrogens is 380 g/mol. The molecule has 2 aromatic rings. The summed E-state index contributed by atoms with van der Waals surface area (Å²) in [4.78, 5) is 12.0. The van der Waals surface area contributed by atoms with Gasteiger partial charge in [0.2, 0.25) is 0 Å². The van der Waals surface area contributed by atoms with Crippen LogP contribution in [0.1, 0.15) is 15.9 Å². The molecule has 0 saturated heterocycles.